The van der Waals surface area contributed by atoms with Crippen LogP contribution in [0, 0.1) is 0 Å². The highest BCUT2D eigenvalue weighted by Crippen LogP contribution is 2.43. The number of Topliss-reactive ketones (excluding diaryl/α,β-unsaturated/α-hetero) is 1. The predicted octanol–water partition coefficient (Wildman–Crippen LogP) is 4.08. The number of rotatable bonds is 5. The van der Waals surface area contributed by atoms with Gasteiger partial charge in [0.1, 0.15) is 5.76 Å². The van der Waals surface area contributed by atoms with E-state index in [1.165, 1.54) is 4.90 Å². The summed E-state index contributed by atoms with van der Waals surface area (Å²) in [6.07, 6.45) is 0.584. The number of likely N-dealkylation sites (tertiary alicyclic amines) is 1. The molecule has 1 N–H and O–H groups in total. The SMILES string of the molecule is O=C1C(=O)N(CCc2ccccc2)[C@@H](c2ccc3c(c2)OCO3)C1=C(O)c1ccccc1. The summed E-state index contributed by atoms with van der Waals surface area (Å²) < 4.78 is 10.9. The normalized spacial score (nSPS) is 18.9. The van der Waals surface area contributed by atoms with Crippen molar-refractivity contribution in [1.29, 1.82) is 0 Å². The molecule has 5 rings (SSSR count). The third kappa shape index (κ3) is 3.50. The highest BCUT2D eigenvalue weighted by molar-refractivity contribution is 6.46. The first kappa shape index (κ1) is 19.9. The lowest BCUT2D eigenvalue weighted by molar-refractivity contribution is -0.139. The maximum Gasteiger partial charge on any atom is 0.295 e. The molecule has 1 saturated heterocycles. The Morgan fingerprint density at radius 2 is 1.59 bits per heavy atom. The largest absolute Gasteiger partial charge is 0.507 e. The quantitative estimate of drug-likeness (QED) is 0.377. The number of aliphatic hydroxyl groups excluding tert-OH is 1. The number of carbonyl (C=O) groups is 2. The lowest BCUT2D eigenvalue weighted by Gasteiger charge is -2.25. The smallest absolute Gasteiger partial charge is 0.295 e. The van der Waals surface area contributed by atoms with Crippen molar-refractivity contribution in [2.45, 2.75) is 12.5 Å². The summed E-state index contributed by atoms with van der Waals surface area (Å²) in [6, 6.07) is 23.2. The second-order valence-corrected chi connectivity index (χ2v) is 7.71. The van der Waals surface area contributed by atoms with Gasteiger partial charge in [0.15, 0.2) is 11.5 Å². The fourth-order valence-electron chi connectivity index (χ4n) is 4.19. The van der Waals surface area contributed by atoms with Crippen molar-refractivity contribution in [1.82, 2.24) is 4.90 Å². The zero-order valence-electron chi connectivity index (χ0n) is 17.2. The Bertz CT molecular complexity index is 1200. The molecule has 0 bridgehead atoms. The van der Waals surface area contributed by atoms with Crippen LogP contribution in [0.15, 0.2) is 84.4 Å². The van der Waals surface area contributed by atoms with Crippen LogP contribution in [0.25, 0.3) is 5.76 Å². The molecule has 0 unspecified atom stereocenters. The number of carbonyl (C=O) groups excluding carboxylic acids is 2. The monoisotopic (exact) mass is 427 g/mol. The first-order valence-corrected chi connectivity index (χ1v) is 10.4. The Morgan fingerprint density at radius 3 is 2.34 bits per heavy atom. The van der Waals surface area contributed by atoms with Gasteiger partial charge in [-0.25, -0.2) is 0 Å². The van der Waals surface area contributed by atoms with Gasteiger partial charge in [0.05, 0.1) is 11.6 Å². The Hall–Kier alpha value is -4.06. The van der Waals surface area contributed by atoms with E-state index in [2.05, 4.69) is 0 Å². The summed E-state index contributed by atoms with van der Waals surface area (Å²) in [7, 11) is 0. The Balaban J connectivity index is 1.59. The van der Waals surface area contributed by atoms with Gasteiger partial charge in [0.25, 0.3) is 11.7 Å². The van der Waals surface area contributed by atoms with E-state index < -0.39 is 17.7 Å². The molecule has 0 aromatic heterocycles. The number of hydrogen-bond acceptors (Lipinski definition) is 5. The Labute approximate surface area is 185 Å². The molecule has 32 heavy (non-hydrogen) atoms. The van der Waals surface area contributed by atoms with Crippen LogP contribution in [0.4, 0.5) is 0 Å². The molecule has 3 aromatic rings. The van der Waals surface area contributed by atoms with E-state index in [9.17, 15) is 14.7 Å². The standard InChI is InChI=1S/C26H21NO5/c28-24(18-9-5-2-6-10-18)22-23(19-11-12-20-21(15-19)32-16-31-20)27(26(30)25(22)29)14-13-17-7-3-1-4-8-17/h1-12,15,23,28H,13-14,16H2/t23-/m0/s1. The number of benzene rings is 3. The molecule has 160 valence electrons. The van der Waals surface area contributed by atoms with Crippen LogP contribution in [-0.2, 0) is 16.0 Å². The van der Waals surface area contributed by atoms with E-state index in [1.807, 2.05) is 36.4 Å². The number of aliphatic hydroxyl groups is 1. The van der Waals surface area contributed by atoms with Crippen molar-refractivity contribution in [2.75, 3.05) is 13.3 Å². The molecule has 0 spiro atoms. The van der Waals surface area contributed by atoms with Crippen molar-refractivity contribution >= 4 is 17.4 Å². The molecule has 2 heterocycles. The van der Waals surface area contributed by atoms with Crippen LogP contribution < -0.4 is 9.47 Å². The number of amides is 1. The maximum atomic E-state index is 13.1. The van der Waals surface area contributed by atoms with Crippen molar-refractivity contribution < 1.29 is 24.2 Å². The number of fused-ring (bicyclic) bond motifs is 1. The van der Waals surface area contributed by atoms with Gasteiger partial charge in [-0.3, -0.25) is 9.59 Å². The molecule has 1 fully saturated rings. The van der Waals surface area contributed by atoms with Crippen LogP contribution in [0.2, 0.25) is 0 Å². The molecule has 6 heteroatoms. The minimum absolute atomic E-state index is 0.0770. The van der Waals surface area contributed by atoms with Crippen LogP contribution in [0.1, 0.15) is 22.7 Å². The summed E-state index contributed by atoms with van der Waals surface area (Å²) in [5.74, 6) is -0.342. The average molecular weight is 427 g/mol. The molecule has 0 radical (unpaired) electrons. The summed E-state index contributed by atoms with van der Waals surface area (Å²) in [4.78, 5) is 27.7. The highest BCUT2D eigenvalue weighted by Gasteiger charge is 2.46. The van der Waals surface area contributed by atoms with Gasteiger partial charge < -0.3 is 19.5 Å². The van der Waals surface area contributed by atoms with Crippen molar-refractivity contribution in [2.24, 2.45) is 0 Å². The number of hydrogen-bond donors (Lipinski definition) is 1. The second kappa shape index (κ2) is 8.23. The minimum atomic E-state index is -0.728. The summed E-state index contributed by atoms with van der Waals surface area (Å²) in [6.45, 7) is 0.455. The van der Waals surface area contributed by atoms with Gasteiger partial charge in [-0.15, -0.1) is 0 Å². The molecule has 6 nitrogen and oxygen atoms in total. The number of nitrogens with zero attached hydrogens (tertiary/aromatic N) is 1. The first-order chi connectivity index (χ1) is 15.6. The van der Waals surface area contributed by atoms with Crippen LogP contribution in [0.5, 0.6) is 11.5 Å². The van der Waals surface area contributed by atoms with Crippen molar-refractivity contribution in [3.05, 3.63) is 101 Å². The molecule has 0 aliphatic carbocycles. The third-order valence-corrected chi connectivity index (χ3v) is 5.78. The lowest BCUT2D eigenvalue weighted by Crippen LogP contribution is -2.31. The van der Waals surface area contributed by atoms with Gasteiger partial charge in [-0.05, 0) is 29.7 Å². The zero-order valence-corrected chi connectivity index (χ0v) is 17.2. The van der Waals surface area contributed by atoms with Gasteiger partial charge in [-0.1, -0.05) is 66.7 Å². The average Bonchev–Trinajstić information content (AvgIpc) is 3.40. The van der Waals surface area contributed by atoms with Gasteiger partial charge in [0, 0.05) is 12.1 Å². The fraction of sp³-hybridized carbons (Fsp3) is 0.154. The Kier molecular flexibility index (Phi) is 5.11. The maximum absolute atomic E-state index is 13.1. The Morgan fingerprint density at radius 1 is 0.906 bits per heavy atom. The van der Waals surface area contributed by atoms with Gasteiger partial charge in [0.2, 0.25) is 6.79 Å². The van der Waals surface area contributed by atoms with E-state index in [4.69, 9.17) is 9.47 Å². The van der Waals surface area contributed by atoms with E-state index in [0.29, 0.717) is 35.6 Å². The summed E-state index contributed by atoms with van der Waals surface area (Å²) in [5, 5.41) is 11.1. The molecule has 1 atom stereocenters. The van der Waals surface area contributed by atoms with Crippen LogP contribution in [0.3, 0.4) is 0 Å². The number of ether oxygens (including phenoxy) is 2. The van der Waals surface area contributed by atoms with Crippen molar-refractivity contribution in [3.63, 3.8) is 0 Å². The highest BCUT2D eigenvalue weighted by atomic mass is 16.7. The topological polar surface area (TPSA) is 76.1 Å². The van der Waals surface area contributed by atoms with Gasteiger partial charge >= 0.3 is 0 Å². The molecule has 3 aromatic carbocycles. The van der Waals surface area contributed by atoms with E-state index in [0.717, 1.165) is 5.56 Å². The van der Waals surface area contributed by atoms with Crippen LogP contribution >= 0.6 is 0 Å². The predicted molar refractivity (Wildman–Crippen MR) is 118 cm³/mol. The molecular formula is C26H21NO5. The first-order valence-electron chi connectivity index (χ1n) is 10.4. The lowest BCUT2D eigenvalue weighted by atomic mass is 9.95. The van der Waals surface area contributed by atoms with E-state index in [-0.39, 0.29) is 18.1 Å². The molecular weight excluding hydrogens is 406 g/mol. The van der Waals surface area contributed by atoms with E-state index >= 15 is 0 Å². The number of ketones is 1. The fourth-order valence-corrected chi connectivity index (χ4v) is 4.19. The summed E-state index contributed by atoms with van der Waals surface area (Å²) >= 11 is 0. The van der Waals surface area contributed by atoms with Gasteiger partial charge in [-0.2, -0.15) is 0 Å². The second-order valence-electron chi connectivity index (χ2n) is 7.71. The minimum Gasteiger partial charge on any atom is -0.507 e. The molecule has 2 aliphatic heterocycles. The summed E-state index contributed by atoms with van der Waals surface area (Å²) in [5.41, 5.74) is 2.30. The van der Waals surface area contributed by atoms with Crippen molar-refractivity contribution in [3.8, 4) is 11.5 Å². The molecule has 1 amide bonds. The third-order valence-electron chi connectivity index (χ3n) is 5.78. The molecule has 2 aliphatic rings. The zero-order chi connectivity index (χ0) is 22.1. The van der Waals surface area contributed by atoms with Crippen LogP contribution in [-0.4, -0.2) is 35.0 Å². The molecule has 0 saturated carbocycles. The van der Waals surface area contributed by atoms with E-state index in [1.54, 1.807) is 42.5 Å².